The van der Waals surface area contributed by atoms with Gasteiger partial charge in [-0.1, -0.05) is 30.3 Å². The molecule has 0 radical (unpaired) electrons. The maximum Gasteiger partial charge on any atom is 0.328 e. The van der Waals surface area contributed by atoms with Crippen molar-refractivity contribution in [2.75, 3.05) is 26.3 Å². The number of carbonyl (C=O) groups excluding carboxylic acids is 2. The molecule has 1 amide bonds. The van der Waals surface area contributed by atoms with Crippen LogP contribution in [0.25, 0.3) is 0 Å². The van der Waals surface area contributed by atoms with Crippen molar-refractivity contribution in [3.63, 3.8) is 0 Å². The van der Waals surface area contributed by atoms with E-state index in [0.29, 0.717) is 51.6 Å². The van der Waals surface area contributed by atoms with E-state index in [4.69, 9.17) is 4.74 Å². The molecular weight excluding hydrogens is 460 g/mol. The van der Waals surface area contributed by atoms with Crippen LogP contribution in [0.4, 0.5) is 0 Å². The molecule has 2 N–H and O–H groups in total. The maximum absolute atomic E-state index is 13.4. The number of carboxylic acids is 1. The molecule has 35 heavy (non-hydrogen) atoms. The van der Waals surface area contributed by atoms with Crippen molar-refractivity contribution < 1.29 is 34.2 Å². The van der Waals surface area contributed by atoms with Crippen LogP contribution in [-0.2, 0) is 30.4 Å². The molecule has 1 aromatic rings. The van der Waals surface area contributed by atoms with Crippen LogP contribution in [0, 0.1) is 10.1 Å². The van der Waals surface area contributed by atoms with Crippen molar-refractivity contribution in [2.24, 2.45) is 0 Å². The topological polar surface area (TPSA) is 152 Å². The number of nitrogens with one attached hydrogen (secondary N) is 1. The van der Waals surface area contributed by atoms with E-state index in [-0.39, 0.29) is 25.5 Å². The molecule has 2 saturated heterocycles. The fraction of sp³-hybridized carbons (Fsp3) is 0.609. The summed E-state index contributed by atoms with van der Waals surface area (Å²) in [4.78, 5) is 52.6. The number of ether oxygens (including phenoxy) is 1. The second-order valence-corrected chi connectivity index (χ2v) is 8.65. The standard InChI is InChI=1S/C23H32N4O8/c28-21-18(9-4-13-25-14-5-10-20(22(29)30)26(21)25)24-19(12-11-17-7-2-1-3-8-17)23(31)34-15-6-16-35-27(32)33/h1-3,7-8,18-20,24H,4-6,9-16H2,(H,29,30). The highest BCUT2D eigenvalue weighted by molar-refractivity contribution is 5.87. The van der Waals surface area contributed by atoms with Crippen molar-refractivity contribution in [1.82, 2.24) is 15.3 Å². The Morgan fingerprint density at radius 2 is 1.89 bits per heavy atom. The number of aliphatic carboxylic acids is 1. The van der Waals surface area contributed by atoms with Crippen molar-refractivity contribution in [3.8, 4) is 0 Å². The normalized spacial score (nSPS) is 21.5. The molecular formula is C23H32N4O8. The number of rotatable bonds is 12. The Labute approximate surface area is 203 Å². The van der Waals surface area contributed by atoms with Gasteiger partial charge in [-0.25, -0.2) is 9.80 Å². The monoisotopic (exact) mass is 492 g/mol. The number of fused-ring (bicyclic) bond motifs is 1. The molecule has 0 aliphatic carbocycles. The Hall–Kier alpha value is -3.25. The van der Waals surface area contributed by atoms with Crippen molar-refractivity contribution in [2.45, 2.75) is 63.1 Å². The number of hydrogen-bond acceptors (Lipinski definition) is 9. The third kappa shape index (κ3) is 7.62. The van der Waals surface area contributed by atoms with Crippen molar-refractivity contribution in [3.05, 3.63) is 46.0 Å². The van der Waals surface area contributed by atoms with Crippen molar-refractivity contribution >= 4 is 17.8 Å². The molecule has 0 saturated carbocycles. The molecule has 1 aromatic carbocycles. The fourth-order valence-corrected chi connectivity index (χ4v) is 4.49. The van der Waals surface area contributed by atoms with E-state index in [2.05, 4.69) is 10.2 Å². The zero-order valence-corrected chi connectivity index (χ0v) is 19.5. The lowest BCUT2D eigenvalue weighted by atomic mass is 10.0. The van der Waals surface area contributed by atoms with Crippen LogP contribution < -0.4 is 5.32 Å². The smallest absolute Gasteiger partial charge is 0.328 e. The van der Waals surface area contributed by atoms with Crippen LogP contribution in [-0.4, -0.2) is 82.5 Å². The molecule has 0 spiro atoms. The average molecular weight is 493 g/mol. The van der Waals surface area contributed by atoms with Gasteiger partial charge in [0.05, 0.1) is 19.3 Å². The van der Waals surface area contributed by atoms with Gasteiger partial charge in [0.25, 0.3) is 11.0 Å². The first-order valence-corrected chi connectivity index (χ1v) is 11.9. The van der Waals surface area contributed by atoms with E-state index in [9.17, 15) is 29.6 Å². The average Bonchev–Trinajstić information content (AvgIpc) is 3.00. The molecule has 0 bridgehead atoms. The largest absolute Gasteiger partial charge is 0.480 e. The Morgan fingerprint density at radius 3 is 2.57 bits per heavy atom. The van der Waals surface area contributed by atoms with Gasteiger partial charge in [0, 0.05) is 19.5 Å². The molecule has 3 unspecified atom stereocenters. The second kappa shape index (κ2) is 13.0. The quantitative estimate of drug-likeness (QED) is 0.188. The van der Waals surface area contributed by atoms with E-state index < -0.39 is 35.2 Å². The van der Waals surface area contributed by atoms with Gasteiger partial charge < -0.3 is 14.7 Å². The lowest BCUT2D eigenvalue weighted by molar-refractivity contribution is -0.757. The van der Waals surface area contributed by atoms with Gasteiger partial charge in [-0.3, -0.25) is 19.9 Å². The number of esters is 1. The summed E-state index contributed by atoms with van der Waals surface area (Å²) in [6.45, 7) is 0.942. The minimum absolute atomic E-state index is 0.0597. The zero-order valence-electron chi connectivity index (χ0n) is 19.5. The molecule has 3 rings (SSSR count). The molecule has 2 aliphatic heterocycles. The zero-order chi connectivity index (χ0) is 25.2. The SMILES string of the molecule is O=C(OCCCO[N+](=O)[O-])C(CCc1ccccc1)NC1CCCN2CCCC(C(=O)O)N2C1=O. The number of nitrogens with zero attached hydrogens (tertiary/aromatic N) is 3. The van der Waals surface area contributed by atoms with Gasteiger partial charge in [0.1, 0.15) is 12.1 Å². The minimum Gasteiger partial charge on any atom is -0.480 e. The summed E-state index contributed by atoms with van der Waals surface area (Å²) in [5.41, 5.74) is 1.02. The summed E-state index contributed by atoms with van der Waals surface area (Å²) in [5, 5.41) is 25.3. The number of aryl methyl sites for hydroxylation is 1. The fourth-order valence-electron chi connectivity index (χ4n) is 4.49. The van der Waals surface area contributed by atoms with Crippen LogP contribution in [0.2, 0.25) is 0 Å². The van der Waals surface area contributed by atoms with E-state index in [1.807, 2.05) is 30.3 Å². The number of carboxylic acid groups (broad SMARTS) is 1. The molecule has 2 fully saturated rings. The molecule has 192 valence electrons. The molecule has 12 nitrogen and oxygen atoms in total. The molecule has 0 aromatic heterocycles. The van der Waals surface area contributed by atoms with Crippen LogP contribution in [0.15, 0.2) is 30.3 Å². The van der Waals surface area contributed by atoms with Crippen LogP contribution in [0.1, 0.15) is 44.1 Å². The van der Waals surface area contributed by atoms with Gasteiger partial charge in [0.15, 0.2) is 0 Å². The Bertz CT molecular complexity index is 884. The van der Waals surface area contributed by atoms with Gasteiger partial charge in [-0.05, 0) is 44.1 Å². The number of hydrogen-bond donors (Lipinski definition) is 2. The third-order valence-corrected chi connectivity index (χ3v) is 6.19. The molecule has 3 atom stereocenters. The maximum atomic E-state index is 13.4. The van der Waals surface area contributed by atoms with Crippen LogP contribution in [0.3, 0.4) is 0 Å². The van der Waals surface area contributed by atoms with Crippen LogP contribution in [0.5, 0.6) is 0 Å². The molecule has 12 heteroatoms. The van der Waals surface area contributed by atoms with E-state index >= 15 is 0 Å². The molecule has 2 heterocycles. The third-order valence-electron chi connectivity index (χ3n) is 6.19. The number of amides is 1. The Balaban J connectivity index is 1.68. The summed E-state index contributed by atoms with van der Waals surface area (Å²) >= 11 is 0. The summed E-state index contributed by atoms with van der Waals surface area (Å²) in [6, 6.07) is 7.12. The lowest BCUT2D eigenvalue weighted by Gasteiger charge is -2.42. The first-order valence-electron chi connectivity index (χ1n) is 11.9. The van der Waals surface area contributed by atoms with E-state index in [1.165, 1.54) is 5.01 Å². The number of benzene rings is 1. The first kappa shape index (κ1) is 26.4. The van der Waals surface area contributed by atoms with E-state index in [0.717, 1.165) is 5.56 Å². The lowest BCUT2D eigenvalue weighted by Crippen LogP contribution is -2.61. The Morgan fingerprint density at radius 1 is 1.17 bits per heavy atom. The predicted octanol–water partition coefficient (Wildman–Crippen LogP) is 1.17. The van der Waals surface area contributed by atoms with Crippen LogP contribution >= 0.6 is 0 Å². The van der Waals surface area contributed by atoms with Gasteiger partial charge in [0.2, 0.25) is 0 Å². The van der Waals surface area contributed by atoms with Gasteiger partial charge in [-0.2, -0.15) is 0 Å². The van der Waals surface area contributed by atoms with Gasteiger partial charge in [-0.15, -0.1) is 10.1 Å². The van der Waals surface area contributed by atoms with Crippen molar-refractivity contribution in [1.29, 1.82) is 0 Å². The summed E-state index contributed by atoms with van der Waals surface area (Å²) in [7, 11) is 0. The Kier molecular flexibility index (Phi) is 9.79. The second-order valence-electron chi connectivity index (χ2n) is 8.65. The minimum atomic E-state index is -1.04. The summed E-state index contributed by atoms with van der Waals surface area (Å²) in [5.74, 6) is -1.96. The van der Waals surface area contributed by atoms with Gasteiger partial charge >= 0.3 is 11.9 Å². The highest BCUT2D eigenvalue weighted by Gasteiger charge is 2.42. The molecule has 2 aliphatic rings. The van der Waals surface area contributed by atoms with E-state index in [1.54, 1.807) is 5.01 Å². The number of hydrazine groups is 1. The highest BCUT2D eigenvalue weighted by Crippen LogP contribution is 2.24. The summed E-state index contributed by atoms with van der Waals surface area (Å²) < 4.78 is 5.31. The number of carbonyl (C=O) groups is 3. The first-order chi connectivity index (χ1) is 16.9. The predicted molar refractivity (Wildman–Crippen MR) is 122 cm³/mol. The summed E-state index contributed by atoms with van der Waals surface area (Å²) in [6.07, 6.45) is 3.30. The highest BCUT2D eigenvalue weighted by atomic mass is 16.9.